The van der Waals surface area contributed by atoms with Gasteiger partial charge in [-0.25, -0.2) is 0 Å². The Balaban J connectivity index is 1.98. The van der Waals surface area contributed by atoms with Crippen LogP contribution in [0.5, 0.6) is 5.75 Å². The molecule has 1 fully saturated rings. The first-order chi connectivity index (χ1) is 11.2. The second-order valence-electron chi connectivity index (χ2n) is 6.51. The Kier molecular flexibility index (Phi) is 5.11. The summed E-state index contributed by atoms with van der Waals surface area (Å²) in [5, 5.41) is 11.7. The highest BCUT2D eigenvalue weighted by atomic mass is 16.5. The monoisotopic (exact) mass is 334 g/mol. The Labute approximate surface area is 140 Å². The standard InChI is InChI=1S/C17H22N2O5/c1-17(2,16(22)23)10-18-15(21)11-8-14(20)19(9-11)12-4-6-13(24-3)7-5-12/h4-7,11H,8-10H2,1-3H3,(H,18,21)(H,22,23). The summed E-state index contributed by atoms with van der Waals surface area (Å²) >= 11 is 0. The molecule has 1 aromatic carbocycles. The Morgan fingerprint density at radius 2 is 1.96 bits per heavy atom. The van der Waals surface area contributed by atoms with Gasteiger partial charge in [0.05, 0.1) is 18.4 Å². The number of carboxylic acids is 1. The molecule has 2 rings (SSSR count). The van der Waals surface area contributed by atoms with Crippen LogP contribution >= 0.6 is 0 Å². The van der Waals surface area contributed by atoms with Crippen LogP contribution in [0.4, 0.5) is 5.69 Å². The van der Waals surface area contributed by atoms with Gasteiger partial charge < -0.3 is 20.1 Å². The first-order valence-corrected chi connectivity index (χ1v) is 7.70. The van der Waals surface area contributed by atoms with E-state index in [1.165, 1.54) is 0 Å². The van der Waals surface area contributed by atoms with Crippen molar-refractivity contribution < 1.29 is 24.2 Å². The summed E-state index contributed by atoms with van der Waals surface area (Å²) in [5.74, 6) is -1.20. The minimum Gasteiger partial charge on any atom is -0.497 e. The maximum Gasteiger partial charge on any atom is 0.310 e. The quantitative estimate of drug-likeness (QED) is 0.817. The predicted octanol–water partition coefficient (Wildman–Crippen LogP) is 1.28. The lowest BCUT2D eigenvalue weighted by molar-refractivity contribution is -0.147. The van der Waals surface area contributed by atoms with E-state index in [1.54, 1.807) is 50.1 Å². The van der Waals surface area contributed by atoms with E-state index < -0.39 is 17.3 Å². The van der Waals surface area contributed by atoms with Crippen molar-refractivity contribution in [3.63, 3.8) is 0 Å². The van der Waals surface area contributed by atoms with Gasteiger partial charge in [0.2, 0.25) is 11.8 Å². The number of ether oxygens (including phenoxy) is 1. The van der Waals surface area contributed by atoms with Crippen molar-refractivity contribution >= 4 is 23.5 Å². The first kappa shape index (κ1) is 17.8. The van der Waals surface area contributed by atoms with Crippen molar-refractivity contribution in [2.75, 3.05) is 25.1 Å². The number of nitrogens with zero attached hydrogens (tertiary/aromatic N) is 1. The van der Waals surface area contributed by atoms with Crippen molar-refractivity contribution in [2.45, 2.75) is 20.3 Å². The van der Waals surface area contributed by atoms with E-state index in [2.05, 4.69) is 5.32 Å². The zero-order valence-corrected chi connectivity index (χ0v) is 14.0. The minimum absolute atomic E-state index is 0.0222. The number of carbonyl (C=O) groups is 3. The molecule has 7 heteroatoms. The topological polar surface area (TPSA) is 95.9 Å². The molecular weight excluding hydrogens is 312 g/mol. The van der Waals surface area contributed by atoms with Gasteiger partial charge in [-0.05, 0) is 38.1 Å². The van der Waals surface area contributed by atoms with Crippen molar-refractivity contribution in [3.05, 3.63) is 24.3 Å². The predicted molar refractivity (Wildman–Crippen MR) is 87.9 cm³/mol. The third-order valence-electron chi connectivity index (χ3n) is 4.16. The van der Waals surface area contributed by atoms with Crippen molar-refractivity contribution in [1.29, 1.82) is 0 Å². The Bertz CT molecular complexity index is 639. The number of nitrogens with one attached hydrogen (secondary N) is 1. The molecule has 1 heterocycles. The van der Waals surface area contributed by atoms with Crippen LogP contribution in [-0.4, -0.2) is 43.1 Å². The molecule has 0 spiro atoms. The summed E-state index contributed by atoms with van der Waals surface area (Å²) in [7, 11) is 1.56. The van der Waals surface area contributed by atoms with Crippen LogP contribution in [0.3, 0.4) is 0 Å². The molecule has 1 unspecified atom stereocenters. The molecule has 1 saturated heterocycles. The van der Waals surface area contributed by atoms with Gasteiger partial charge in [0.25, 0.3) is 0 Å². The molecule has 2 N–H and O–H groups in total. The largest absolute Gasteiger partial charge is 0.497 e. The Morgan fingerprint density at radius 3 is 2.50 bits per heavy atom. The van der Waals surface area contributed by atoms with E-state index >= 15 is 0 Å². The Hall–Kier alpha value is -2.57. The summed E-state index contributed by atoms with van der Waals surface area (Å²) in [5.41, 5.74) is -0.338. The zero-order valence-electron chi connectivity index (χ0n) is 14.0. The second kappa shape index (κ2) is 6.90. The molecule has 130 valence electrons. The van der Waals surface area contributed by atoms with Crippen LogP contribution in [0.15, 0.2) is 24.3 Å². The van der Waals surface area contributed by atoms with Crippen LogP contribution in [0, 0.1) is 11.3 Å². The molecule has 1 atom stereocenters. The normalized spacial score (nSPS) is 17.7. The maximum absolute atomic E-state index is 12.2. The van der Waals surface area contributed by atoms with Gasteiger partial charge >= 0.3 is 5.97 Å². The van der Waals surface area contributed by atoms with E-state index in [9.17, 15) is 14.4 Å². The van der Waals surface area contributed by atoms with E-state index in [4.69, 9.17) is 9.84 Å². The lowest BCUT2D eigenvalue weighted by Gasteiger charge is -2.21. The van der Waals surface area contributed by atoms with Gasteiger partial charge in [0.1, 0.15) is 5.75 Å². The van der Waals surface area contributed by atoms with Crippen molar-refractivity contribution in [1.82, 2.24) is 5.32 Å². The van der Waals surface area contributed by atoms with Gasteiger partial charge in [-0.1, -0.05) is 0 Å². The van der Waals surface area contributed by atoms with Crippen LogP contribution < -0.4 is 15.0 Å². The summed E-state index contributed by atoms with van der Waals surface area (Å²) in [6.07, 6.45) is 0.116. The van der Waals surface area contributed by atoms with Gasteiger partial charge in [-0.3, -0.25) is 14.4 Å². The van der Waals surface area contributed by atoms with Gasteiger partial charge in [-0.2, -0.15) is 0 Å². The fourth-order valence-corrected chi connectivity index (χ4v) is 2.42. The van der Waals surface area contributed by atoms with E-state index in [-0.39, 0.29) is 31.3 Å². The fraction of sp³-hybridized carbons (Fsp3) is 0.471. The number of hydrogen-bond acceptors (Lipinski definition) is 4. The summed E-state index contributed by atoms with van der Waals surface area (Å²) in [6.45, 7) is 3.39. The van der Waals surface area contributed by atoms with Crippen LogP contribution in [0.1, 0.15) is 20.3 Å². The lowest BCUT2D eigenvalue weighted by atomic mass is 9.93. The maximum atomic E-state index is 12.2. The number of amides is 2. The smallest absolute Gasteiger partial charge is 0.310 e. The number of rotatable bonds is 6. The van der Waals surface area contributed by atoms with Crippen LogP contribution in [-0.2, 0) is 14.4 Å². The SMILES string of the molecule is COc1ccc(N2CC(C(=O)NCC(C)(C)C(=O)O)CC2=O)cc1. The highest BCUT2D eigenvalue weighted by molar-refractivity contribution is 6.00. The number of methoxy groups -OCH3 is 1. The number of carboxylic acid groups (broad SMARTS) is 1. The molecule has 0 aliphatic carbocycles. The number of carbonyl (C=O) groups excluding carboxylic acids is 2. The fourth-order valence-electron chi connectivity index (χ4n) is 2.42. The third-order valence-corrected chi connectivity index (χ3v) is 4.16. The van der Waals surface area contributed by atoms with Crippen LogP contribution in [0.2, 0.25) is 0 Å². The number of anilines is 1. The lowest BCUT2D eigenvalue weighted by Crippen LogP contribution is -2.41. The van der Waals surface area contributed by atoms with Crippen molar-refractivity contribution in [3.8, 4) is 5.75 Å². The van der Waals surface area contributed by atoms with Gasteiger partial charge in [-0.15, -0.1) is 0 Å². The molecule has 24 heavy (non-hydrogen) atoms. The molecule has 1 aliphatic rings. The molecule has 1 aliphatic heterocycles. The molecule has 7 nitrogen and oxygen atoms in total. The number of hydrogen-bond donors (Lipinski definition) is 2. The third kappa shape index (κ3) is 3.84. The molecule has 0 saturated carbocycles. The minimum atomic E-state index is -1.05. The first-order valence-electron chi connectivity index (χ1n) is 7.70. The molecule has 1 aromatic rings. The molecule has 0 radical (unpaired) electrons. The van der Waals surface area contributed by atoms with Gasteiger partial charge in [0, 0.05) is 25.2 Å². The van der Waals surface area contributed by atoms with Crippen molar-refractivity contribution in [2.24, 2.45) is 11.3 Å². The summed E-state index contributed by atoms with van der Waals surface area (Å²) in [6, 6.07) is 7.05. The van der Waals surface area contributed by atoms with Crippen LogP contribution in [0.25, 0.3) is 0 Å². The highest BCUT2D eigenvalue weighted by Crippen LogP contribution is 2.27. The zero-order chi connectivity index (χ0) is 17.9. The average molecular weight is 334 g/mol. The second-order valence-corrected chi connectivity index (χ2v) is 6.51. The summed E-state index contributed by atoms with van der Waals surface area (Å²) < 4.78 is 5.09. The number of aliphatic carboxylic acids is 1. The van der Waals surface area contributed by atoms with E-state index in [0.29, 0.717) is 11.4 Å². The van der Waals surface area contributed by atoms with E-state index in [1.807, 2.05) is 0 Å². The van der Waals surface area contributed by atoms with Gasteiger partial charge in [0.15, 0.2) is 0 Å². The molecule has 0 aromatic heterocycles. The molecule has 2 amide bonds. The summed E-state index contributed by atoms with van der Waals surface area (Å²) in [4.78, 5) is 37.0. The Morgan fingerprint density at radius 1 is 1.33 bits per heavy atom. The number of benzene rings is 1. The van der Waals surface area contributed by atoms with E-state index in [0.717, 1.165) is 0 Å². The average Bonchev–Trinajstić information content (AvgIpc) is 2.94. The molecule has 0 bridgehead atoms. The molecular formula is C17H22N2O5. The highest BCUT2D eigenvalue weighted by Gasteiger charge is 2.36.